The molecule has 0 spiro atoms. The summed E-state index contributed by atoms with van der Waals surface area (Å²) in [5.41, 5.74) is 0.664. The Balaban J connectivity index is 2.26. The van der Waals surface area contributed by atoms with Crippen molar-refractivity contribution < 1.29 is 9.59 Å². The number of carbonyl (C=O) groups excluding carboxylic acids is 2. The average Bonchev–Trinajstić information content (AvgIpc) is 2.39. The van der Waals surface area contributed by atoms with Gasteiger partial charge in [0.2, 0.25) is 0 Å². The first-order chi connectivity index (χ1) is 9.02. The molecule has 102 valence electrons. The molecule has 0 aromatic heterocycles. The second-order valence-electron chi connectivity index (χ2n) is 6.02. The number of hydrogen-bond acceptors (Lipinski definition) is 2. The molecule has 0 saturated heterocycles. The lowest BCUT2D eigenvalue weighted by molar-refractivity contribution is -0.130. The minimum absolute atomic E-state index is 0.00319. The summed E-state index contributed by atoms with van der Waals surface area (Å²) in [4.78, 5) is 25.1. The lowest BCUT2D eigenvalue weighted by Crippen LogP contribution is -2.40. The normalized spacial score (nSPS) is 27.6. The lowest BCUT2D eigenvalue weighted by Gasteiger charge is -2.34. The van der Waals surface area contributed by atoms with E-state index in [2.05, 4.69) is 13.8 Å². The monoisotopic (exact) mass is 258 g/mol. The van der Waals surface area contributed by atoms with Crippen molar-refractivity contribution in [2.24, 2.45) is 23.7 Å². The van der Waals surface area contributed by atoms with Gasteiger partial charge in [-0.1, -0.05) is 51.1 Å². The Kier molecular flexibility index (Phi) is 4.18. The zero-order valence-corrected chi connectivity index (χ0v) is 11.9. The fourth-order valence-electron chi connectivity index (χ4n) is 3.09. The van der Waals surface area contributed by atoms with Gasteiger partial charge < -0.3 is 0 Å². The molecule has 1 unspecified atom stereocenters. The number of ketones is 2. The molecule has 0 aliphatic heterocycles. The third-order valence-corrected chi connectivity index (χ3v) is 4.32. The van der Waals surface area contributed by atoms with Crippen molar-refractivity contribution in [3.8, 4) is 0 Å². The van der Waals surface area contributed by atoms with Crippen molar-refractivity contribution in [3.63, 3.8) is 0 Å². The molecule has 0 heterocycles. The Morgan fingerprint density at radius 3 is 2.37 bits per heavy atom. The van der Waals surface area contributed by atoms with E-state index in [0.717, 1.165) is 12.8 Å². The number of carbonyl (C=O) groups is 2. The fraction of sp³-hybridized carbons (Fsp3) is 0.529. The summed E-state index contributed by atoms with van der Waals surface area (Å²) in [6.45, 7) is 6.17. The lowest BCUT2D eigenvalue weighted by atomic mass is 9.68. The molecule has 0 bridgehead atoms. The smallest absolute Gasteiger partial charge is 0.173 e. The molecule has 0 radical (unpaired) electrons. The Hall–Kier alpha value is -1.44. The third-order valence-electron chi connectivity index (χ3n) is 4.32. The number of Topliss-reactive ketones (excluding diaryl/α,β-unsaturated/α-hetero) is 2. The Morgan fingerprint density at radius 2 is 1.79 bits per heavy atom. The van der Waals surface area contributed by atoms with Crippen LogP contribution in [0.4, 0.5) is 0 Å². The van der Waals surface area contributed by atoms with Crippen molar-refractivity contribution in [2.75, 3.05) is 0 Å². The first kappa shape index (κ1) is 14.0. The summed E-state index contributed by atoms with van der Waals surface area (Å²) in [5, 5.41) is 0. The average molecular weight is 258 g/mol. The fourth-order valence-corrected chi connectivity index (χ4v) is 3.09. The summed E-state index contributed by atoms with van der Waals surface area (Å²) in [7, 11) is 0. The second-order valence-corrected chi connectivity index (χ2v) is 6.02. The maximum atomic E-state index is 12.6. The minimum Gasteiger partial charge on any atom is -0.299 e. The van der Waals surface area contributed by atoms with Crippen LogP contribution in [-0.2, 0) is 4.79 Å². The van der Waals surface area contributed by atoms with E-state index in [-0.39, 0.29) is 23.4 Å². The van der Waals surface area contributed by atoms with Crippen LogP contribution in [0.25, 0.3) is 0 Å². The highest BCUT2D eigenvalue weighted by atomic mass is 16.2. The van der Waals surface area contributed by atoms with E-state index < -0.39 is 5.92 Å². The Bertz CT molecular complexity index is 461. The van der Waals surface area contributed by atoms with Gasteiger partial charge in [0.25, 0.3) is 0 Å². The van der Waals surface area contributed by atoms with Crippen molar-refractivity contribution in [3.05, 3.63) is 35.9 Å². The van der Waals surface area contributed by atoms with Crippen LogP contribution in [0.2, 0.25) is 0 Å². The van der Waals surface area contributed by atoms with Crippen molar-refractivity contribution in [1.29, 1.82) is 0 Å². The number of benzene rings is 1. The number of rotatable bonds is 3. The molecule has 2 heteroatoms. The molecular weight excluding hydrogens is 236 g/mol. The molecule has 1 aliphatic rings. The summed E-state index contributed by atoms with van der Waals surface area (Å²) < 4.78 is 0. The van der Waals surface area contributed by atoms with Crippen LogP contribution in [0, 0.1) is 23.7 Å². The second kappa shape index (κ2) is 5.68. The van der Waals surface area contributed by atoms with Crippen LogP contribution >= 0.6 is 0 Å². The van der Waals surface area contributed by atoms with Crippen LogP contribution < -0.4 is 0 Å². The van der Waals surface area contributed by atoms with E-state index in [0.29, 0.717) is 11.5 Å². The summed E-state index contributed by atoms with van der Waals surface area (Å²) in [6, 6.07) is 9.21. The molecule has 1 saturated carbocycles. The molecule has 0 amide bonds. The van der Waals surface area contributed by atoms with E-state index >= 15 is 0 Å². The molecule has 1 aromatic rings. The van der Waals surface area contributed by atoms with E-state index in [1.165, 1.54) is 0 Å². The summed E-state index contributed by atoms with van der Waals surface area (Å²) in [5.74, 6) is 0.254. The largest absolute Gasteiger partial charge is 0.299 e. The van der Waals surface area contributed by atoms with Gasteiger partial charge in [-0.2, -0.15) is 0 Å². The molecule has 0 N–H and O–H groups in total. The SMILES string of the molecule is CC(C)[C@@H]1CC[C@H](C)C(C(=O)c2ccccc2)C1=O. The molecule has 1 aliphatic carbocycles. The van der Waals surface area contributed by atoms with Crippen molar-refractivity contribution in [2.45, 2.75) is 33.6 Å². The van der Waals surface area contributed by atoms with Gasteiger partial charge in [0.05, 0.1) is 5.92 Å². The summed E-state index contributed by atoms with van der Waals surface area (Å²) in [6.07, 6.45) is 1.90. The Labute approximate surface area is 115 Å². The van der Waals surface area contributed by atoms with Crippen LogP contribution in [0.3, 0.4) is 0 Å². The predicted octanol–water partition coefficient (Wildman–Crippen LogP) is 3.76. The standard InChI is InChI=1S/C17H22O2/c1-11(2)14-10-9-12(3)15(17(14)19)16(18)13-7-5-4-6-8-13/h4-8,11-12,14-15H,9-10H2,1-3H3/t12-,14-,15?/m0/s1. The van der Waals surface area contributed by atoms with Gasteiger partial charge in [0, 0.05) is 11.5 Å². The van der Waals surface area contributed by atoms with E-state index in [4.69, 9.17) is 0 Å². The van der Waals surface area contributed by atoms with Crippen LogP contribution in [0.1, 0.15) is 44.0 Å². The van der Waals surface area contributed by atoms with Crippen LogP contribution in [-0.4, -0.2) is 11.6 Å². The maximum absolute atomic E-state index is 12.6. The zero-order valence-electron chi connectivity index (χ0n) is 11.9. The molecular formula is C17H22O2. The summed E-state index contributed by atoms with van der Waals surface area (Å²) >= 11 is 0. The molecule has 19 heavy (non-hydrogen) atoms. The maximum Gasteiger partial charge on any atom is 0.173 e. The first-order valence-electron chi connectivity index (χ1n) is 7.15. The van der Waals surface area contributed by atoms with Crippen LogP contribution in [0.5, 0.6) is 0 Å². The molecule has 2 rings (SSSR count). The van der Waals surface area contributed by atoms with Crippen LogP contribution in [0.15, 0.2) is 30.3 Å². The number of hydrogen-bond donors (Lipinski definition) is 0. The van der Waals surface area contributed by atoms with E-state index in [1.54, 1.807) is 12.1 Å². The highest BCUT2D eigenvalue weighted by molar-refractivity contribution is 6.11. The quantitative estimate of drug-likeness (QED) is 0.611. The molecule has 2 nitrogen and oxygen atoms in total. The van der Waals surface area contributed by atoms with Gasteiger partial charge in [0.1, 0.15) is 5.78 Å². The third kappa shape index (κ3) is 2.78. The van der Waals surface area contributed by atoms with E-state index in [1.807, 2.05) is 25.1 Å². The van der Waals surface area contributed by atoms with Crippen molar-refractivity contribution in [1.82, 2.24) is 0 Å². The van der Waals surface area contributed by atoms with Gasteiger partial charge in [-0.25, -0.2) is 0 Å². The molecule has 1 fully saturated rings. The van der Waals surface area contributed by atoms with Gasteiger partial charge in [0.15, 0.2) is 5.78 Å². The molecule has 1 aromatic carbocycles. The minimum atomic E-state index is -0.441. The van der Waals surface area contributed by atoms with Gasteiger partial charge in [-0.05, 0) is 24.7 Å². The predicted molar refractivity (Wildman–Crippen MR) is 76.0 cm³/mol. The van der Waals surface area contributed by atoms with Gasteiger partial charge in [-0.3, -0.25) is 9.59 Å². The zero-order chi connectivity index (χ0) is 14.0. The van der Waals surface area contributed by atoms with Crippen molar-refractivity contribution >= 4 is 11.6 Å². The Morgan fingerprint density at radius 1 is 1.16 bits per heavy atom. The van der Waals surface area contributed by atoms with Gasteiger partial charge >= 0.3 is 0 Å². The highest BCUT2D eigenvalue weighted by Crippen LogP contribution is 2.36. The van der Waals surface area contributed by atoms with E-state index in [9.17, 15) is 9.59 Å². The topological polar surface area (TPSA) is 34.1 Å². The first-order valence-corrected chi connectivity index (χ1v) is 7.15. The highest BCUT2D eigenvalue weighted by Gasteiger charge is 2.41. The van der Waals surface area contributed by atoms with Gasteiger partial charge in [-0.15, -0.1) is 0 Å². The molecule has 3 atom stereocenters.